The van der Waals surface area contributed by atoms with Crippen LogP contribution < -0.4 is 0 Å². The van der Waals surface area contributed by atoms with Crippen LogP contribution in [-0.2, 0) is 5.60 Å². The SMILES string of the molecule is CC(/C=C\C(C)C)=C/C(C)C.CC(C)CCCC(C)C.Cc1nc2sc(C)c(C)n2c1C(C)(C)O.II. The van der Waals surface area contributed by atoms with Gasteiger partial charge in [-0.3, -0.25) is 4.40 Å². The topological polar surface area (TPSA) is 37.5 Å². The van der Waals surface area contributed by atoms with Crippen LogP contribution in [-0.4, -0.2) is 14.5 Å². The van der Waals surface area contributed by atoms with Crippen molar-refractivity contribution in [2.24, 2.45) is 23.7 Å². The molecule has 0 saturated heterocycles. The fourth-order valence-electron chi connectivity index (χ4n) is 3.83. The summed E-state index contributed by atoms with van der Waals surface area (Å²) in [5.74, 6) is 3.10. The lowest BCUT2D eigenvalue weighted by Crippen LogP contribution is -2.19. The lowest BCUT2D eigenvalue weighted by molar-refractivity contribution is 0.0721. The van der Waals surface area contributed by atoms with E-state index in [1.165, 1.54) is 35.4 Å². The Balaban J connectivity index is 0. The van der Waals surface area contributed by atoms with E-state index in [9.17, 15) is 5.11 Å². The van der Waals surface area contributed by atoms with Crippen LogP contribution in [0.3, 0.4) is 0 Å². The molecule has 3 nitrogen and oxygen atoms in total. The molecule has 0 unspecified atom stereocenters. The highest BCUT2D eigenvalue weighted by atomic mass is 128. The van der Waals surface area contributed by atoms with Gasteiger partial charge in [0.1, 0.15) is 5.60 Å². The van der Waals surface area contributed by atoms with Gasteiger partial charge in [0, 0.05) is 47.8 Å². The molecule has 0 bridgehead atoms. The number of imidazole rings is 1. The smallest absolute Gasteiger partial charge is 0.194 e. The fourth-order valence-corrected chi connectivity index (χ4v) is 4.84. The molecule has 2 heterocycles. The van der Waals surface area contributed by atoms with E-state index >= 15 is 0 Å². The number of hydrogen-bond acceptors (Lipinski definition) is 3. The first-order valence-corrected chi connectivity index (χ1v) is 20.8. The molecule has 37 heavy (non-hydrogen) atoms. The van der Waals surface area contributed by atoms with Crippen molar-refractivity contribution in [3.8, 4) is 0 Å². The van der Waals surface area contributed by atoms with Gasteiger partial charge in [-0.15, -0.1) is 11.3 Å². The second-order valence-corrected chi connectivity index (χ2v) is 13.1. The molecule has 1 N–H and O–H groups in total. The van der Waals surface area contributed by atoms with Gasteiger partial charge in [0.05, 0.1) is 11.4 Å². The number of hydrogen-bond donors (Lipinski definition) is 1. The molecule has 0 saturated carbocycles. The van der Waals surface area contributed by atoms with Gasteiger partial charge in [-0.1, -0.05) is 98.5 Å². The molecule has 0 spiro atoms. The van der Waals surface area contributed by atoms with Crippen LogP contribution in [0.4, 0.5) is 0 Å². The van der Waals surface area contributed by atoms with Crippen molar-refractivity contribution in [1.82, 2.24) is 9.38 Å². The molecule has 0 radical (unpaired) electrons. The van der Waals surface area contributed by atoms with Crippen LogP contribution in [0, 0.1) is 44.4 Å². The van der Waals surface area contributed by atoms with E-state index in [2.05, 4.69) is 141 Å². The van der Waals surface area contributed by atoms with E-state index in [-0.39, 0.29) is 0 Å². The minimum Gasteiger partial charge on any atom is -0.384 e. The van der Waals surface area contributed by atoms with Crippen molar-refractivity contribution in [2.45, 2.75) is 122 Å². The molecule has 6 heteroatoms. The minimum atomic E-state index is -0.845. The molecular formula is C31H56I2N2OS. The van der Waals surface area contributed by atoms with Gasteiger partial charge in [0.15, 0.2) is 4.96 Å². The molecule has 216 valence electrons. The first kappa shape index (κ1) is 39.2. The molecular weight excluding hydrogens is 702 g/mol. The largest absolute Gasteiger partial charge is 0.384 e. The highest BCUT2D eigenvalue weighted by Gasteiger charge is 2.26. The van der Waals surface area contributed by atoms with E-state index in [1.54, 1.807) is 25.2 Å². The first-order valence-electron chi connectivity index (χ1n) is 13.7. The Morgan fingerprint density at radius 1 is 0.946 bits per heavy atom. The molecule has 0 aliphatic heterocycles. The predicted molar refractivity (Wildman–Crippen MR) is 187 cm³/mol. The molecule has 2 rings (SSSR count). The number of fused-ring (bicyclic) bond motifs is 1. The average molecular weight is 759 g/mol. The van der Waals surface area contributed by atoms with E-state index in [4.69, 9.17) is 0 Å². The number of thiazole rings is 1. The lowest BCUT2D eigenvalue weighted by Gasteiger charge is -2.18. The summed E-state index contributed by atoms with van der Waals surface area (Å²) in [6.07, 6.45) is 10.9. The van der Waals surface area contributed by atoms with Gasteiger partial charge in [-0.2, -0.15) is 0 Å². The van der Waals surface area contributed by atoms with Crippen LogP contribution >= 0.6 is 48.6 Å². The third-order valence-electron chi connectivity index (χ3n) is 5.59. The summed E-state index contributed by atoms with van der Waals surface area (Å²) in [6, 6.07) is 0. The summed E-state index contributed by atoms with van der Waals surface area (Å²) in [5, 5.41) is 10.1. The highest BCUT2D eigenvalue weighted by molar-refractivity contribution is 15.0. The Hall–Kier alpha value is 0.0700. The Kier molecular flexibility index (Phi) is 21.2. The van der Waals surface area contributed by atoms with Crippen molar-refractivity contribution in [2.75, 3.05) is 0 Å². The van der Waals surface area contributed by atoms with Crippen molar-refractivity contribution in [1.29, 1.82) is 0 Å². The average Bonchev–Trinajstić information content (AvgIpc) is 3.21. The molecule has 0 aliphatic carbocycles. The van der Waals surface area contributed by atoms with Crippen molar-refractivity contribution < 1.29 is 5.11 Å². The van der Waals surface area contributed by atoms with Gasteiger partial charge < -0.3 is 5.11 Å². The number of aromatic nitrogens is 2. The van der Waals surface area contributed by atoms with Gasteiger partial charge in [0.25, 0.3) is 0 Å². The Labute approximate surface area is 257 Å². The summed E-state index contributed by atoms with van der Waals surface area (Å²) in [6.45, 7) is 29.8. The quantitative estimate of drug-likeness (QED) is 0.215. The number of rotatable bonds is 8. The third kappa shape index (κ3) is 17.4. The van der Waals surface area contributed by atoms with E-state index in [1.807, 2.05) is 6.92 Å². The van der Waals surface area contributed by atoms with E-state index < -0.39 is 5.60 Å². The number of nitrogens with zero attached hydrogens (tertiary/aromatic N) is 2. The van der Waals surface area contributed by atoms with Gasteiger partial charge in [0.2, 0.25) is 0 Å². The fraction of sp³-hybridized carbons (Fsp3) is 0.710. The van der Waals surface area contributed by atoms with Crippen LogP contribution in [0.25, 0.3) is 4.96 Å². The molecule has 0 amide bonds. The summed E-state index contributed by atoms with van der Waals surface area (Å²) in [4.78, 5) is 6.71. The number of halogens is 2. The van der Waals surface area contributed by atoms with Crippen LogP contribution in [0.5, 0.6) is 0 Å². The molecule has 0 atom stereocenters. The van der Waals surface area contributed by atoms with Crippen molar-refractivity contribution in [3.05, 3.63) is 45.8 Å². The first-order chi connectivity index (χ1) is 17.0. The standard InChI is InChI=1S/C11H16N2OS.C11H20.C9H20.I2/c1-6-9(11(4,5)14)13-7(2)8(3)15-10(13)12-6;1-9(2)6-7-11(5)8-10(3)4;1-8(2)6-5-7-9(3)4;1-2/h14H,1-5H3;6-10H,1-5H3;8-9H,5-7H2,1-4H3;/b;7-6-,11-8-;;. The van der Waals surface area contributed by atoms with E-state index in [0.29, 0.717) is 11.8 Å². The Morgan fingerprint density at radius 2 is 1.43 bits per heavy atom. The zero-order valence-electron chi connectivity index (χ0n) is 26.2. The zero-order valence-corrected chi connectivity index (χ0v) is 31.3. The Bertz CT molecular complexity index is 921. The van der Waals surface area contributed by atoms with Crippen LogP contribution in [0.2, 0.25) is 0 Å². The van der Waals surface area contributed by atoms with Gasteiger partial charge >= 0.3 is 0 Å². The highest BCUT2D eigenvalue weighted by Crippen LogP contribution is 2.30. The molecule has 0 aromatic carbocycles. The number of allylic oxidation sites excluding steroid dienone is 4. The third-order valence-corrected chi connectivity index (χ3v) is 6.65. The van der Waals surface area contributed by atoms with Gasteiger partial charge in [-0.25, -0.2) is 4.98 Å². The lowest BCUT2D eigenvalue weighted by atomic mass is 10.0. The van der Waals surface area contributed by atoms with E-state index in [0.717, 1.165) is 28.2 Å². The van der Waals surface area contributed by atoms with Crippen LogP contribution in [0.1, 0.15) is 117 Å². The maximum atomic E-state index is 10.1. The predicted octanol–water partition coefficient (Wildman–Crippen LogP) is 11.6. The minimum absolute atomic E-state index is 0.658. The maximum absolute atomic E-state index is 10.1. The molecule has 2 aromatic heterocycles. The van der Waals surface area contributed by atoms with Crippen LogP contribution in [0.15, 0.2) is 23.8 Å². The normalized spacial score (nSPS) is 12.2. The zero-order chi connectivity index (χ0) is 29.5. The maximum Gasteiger partial charge on any atom is 0.194 e. The van der Waals surface area contributed by atoms with Gasteiger partial charge in [-0.05, 0) is 65.2 Å². The molecule has 2 aromatic rings. The summed E-state index contributed by atoms with van der Waals surface area (Å²) >= 11 is 5.91. The summed E-state index contributed by atoms with van der Waals surface area (Å²) < 4.78 is 2.06. The second kappa shape index (κ2) is 20.0. The second-order valence-electron chi connectivity index (χ2n) is 11.9. The summed E-state index contributed by atoms with van der Waals surface area (Å²) in [7, 11) is 0. The molecule has 0 fully saturated rings. The monoisotopic (exact) mass is 758 g/mol. The Morgan fingerprint density at radius 3 is 1.81 bits per heavy atom. The molecule has 0 aliphatic rings. The number of aliphatic hydroxyl groups is 1. The van der Waals surface area contributed by atoms with Crippen molar-refractivity contribution >= 4 is 53.5 Å². The van der Waals surface area contributed by atoms with Crippen molar-refractivity contribution in [3.63, 3.8) is 0 Å². The number of aryl methyl sites for hydroxylation is 3. The summed E-state index contributed by atoms with van der Waals surface area (Å²) in [5.41, 5.74) is 3.51.